The van der Waals surface area contributed by atoms with Gasteiger partial charge in [-0.3, -0.25) is 0 Å². The van der Waals surface area contributed by atoms with Gasteiger partial charge in [0.25, 0.3) is 0 Å². The van der Waals surface area contributed by atoms with Crippen LogP contribution in [0.2, 0.25) is 0 Å². The van der Waals surface area contributed by atoms with Gasteiger partial charge in [-0.05, 0) is 49.6 Å². The van der Waals surface area contributed by atoms with Crippen molar-refractivity contribution in [3.05, 3.63) is 34.4 Å². The Morgan fingerprint density at radius 1 is 0.938 bits per heavy atom. The molecule has 16 heavy (non-hydrogen) atoms. The van der Waals surface area contributed by atoms with Gasteiger partial charge < -0.3 is 10.6 Å². The molecule has 90 valence electrons. The molecule has 0 bridgehead atoms. The van der Waals surface area contributed by atoms with Crippen LogP contribution in [0.25, 0.3) is 0 Å². The van der Waals surface area contributed by atoms with Crippen LogP contribution in [0, 0.1) is 20.8 Å². The maximum absolute atomic E-state index is 3.46. The van der Waals surface area contributed by atoms with Crippen LogP contribution >= 0.6 is 0 Å². The van der Waals surface area contributed by atoms with Crippen molar-refractivity contribution in [2.45, 2.75) is 34.2 Å². The SMILES string of the molecule is CCNCCNCc1ccc(C)c(C)c1C. The van der Waals surface area contributed by atoms with Crippen molar-refractivity contribution in [2.24, 2.45) is 0 Å². The van der Waals surface area contributed by atoms with Crippen LogP contribution in [0.5, 0.6) is 0 Å². The van der Waals surface area contributed by atoms with E-state index < -0.39 is 0 Å². The van der Waals surface area contributed by atoms with Gasteiger partial charge in [-0.2, -0.15) is 0 Å². The molecule has 0 amide bonds. The molecule has 0 aromatic heterocycles. The van der Waals surface area contributed by atoms with E-state index >= 15 is 0 Å². The van der Waals surface area contributed by atoms with Crippen LogP contribution in [-0.4, -0.2) is 19.6 Å². The third-order valence-corrected chi connectivity index (χ3v) is 3.21. The Labute approximate surface area is 99.5 Å². The van der Waals surface area contributed by atoms with Gasteiger partial charge in [0.2, 0.25) is 0 Å². The lowest BCUT2D eigenvalue weighted by atomic mass is 9.99. The number of likely N-dealkylation sites (N-methyl/N-ethyl adjacent to an activating group) is 1. The maximum atomic E-state index is 3.46. The molecule has 0 aliphatic rings. The fourth-order valence-corrected chi connectivity index (χ4v) is 1.78. The van der Waals surface area contributed by atoms with Gasteiger partial charge in [0, 0.05) is 19.6 Å². The third-order valence-electron chi connectivity index (χ3n) is 3.21. The van der Waals surface area contributed by atoms with Crippen molar-refractivity contribution in [2.75, 3.05) is 19.6 Å². The minimum atomic E-state index is 0.971. The summed E-state index contributed by atoms with van der Waals surface area (Å²) in [5.74, 6) is 0. The smallest absolute Gasteiger partial charge is 0.0208 e. The van der Waals surface area contributed by atoms with Crippen LogP contribution in [0.3, 0.4) is 0 Å². The minimum Gasteiger partial charge on any atom is -0.316 e. The van der Waals surface area contributed by atoms with Crippen molar-refractivity contribution in [3.63, 3.8) is 0 Å². The van der Waals surface area contributed by atoms with E-state index in [9.17, 15) is 0 Å². The lowest BCUT2D eigenvalue weighted by molar-refractivity contribution is 0.623. The Balaban J connectivity index is 2.45. The maximum Gasteiger partial charge on any atom is 0.0208 e. The highest BCUT2D eigenvalue weighted by atomic mass is 14.9. The number of nitrogens with one attached hydrogen (secondary N) is 2. The van der Waals surface area contributed by atoms with Gasteiger partial charge in [0.1, 0.15) is 0 Å². The first-order valence-electron chi connectivity index (χ1n) is 6.14. The summed E-state index contributed by atoms with van der Waals surface area (Å²) >= 11 is 0. The summed E-state index contributed by atoms with van der Waals surface area (Å²) in [6.45, 7) is 12.8. The predicted molar refractivity (Wildman–Crippen MR) is 70.9 cm³/mol. The van der Waals surface area contributed by atoms with Gasteiger partial charge in [-0.1, -0.05) is 19.1 Å². The zero-order chi connectivity index (χ0) is 12.0. The predicted octanol–water partition coefficient (Wildman–Crippen LogP) is 2.31. The van der Waals surface area contributed by atoms with E-state index in [2.05, 4.69) is 50.5 Å². The first kappa shape index (κ1) is 13.2. The van der Waals surface area contributed by atoms with Crippen LogP contribution < -0.4 is 10.6 Å². The summed E-state index contributed by atoms with van der Waals surface area (Å²) in [5.41, 5.74) is 5.65. The summed E-state index contributed by atoms with van der Waals surface area (Å²) < 4.78 is 0. The molecular weight excluding hydrogens is 196 g/mol. The number of rotatable bonds is 6. The standard InChI is InChI=1S/C14H24N2/c1-5-15-8-9-16-10-14-7-6-11(2)12(3)13(14)4/h6-7,15-16H,5,8-10H2,1-4H3. The summed E-state index contributed by atoms with van der Waals surface area (Å²) in [6.07, 6.45) is 0. The second-order valence-corrected chi connectivity index (χ2v) is 4.32. The van der Waals surface area contributed by atoms with Crippen molar-refractivity contribution in [1.82, 2.24) is 10.6 Å². The second-order valence-electron chi connectivity index (χ2n) is 4.32. The highest BCUT2D eigenvalue weighted by molar-refractivity contribution is 5.38. The molecule has 0 unspecified atom stereocenters. The van der Waals surface area contributed by atoms with E-state index in [4.69, 9.17) is 0 Å². The Kier molecular flexibility index (Phi) is 5.50. The van der Waals surface area contributed by atoms with Gasteiger partial charge in [0.15, 0.2) is 0 Å². The molecule has 0 atom stereocenters. The molecule has 2 nitrogen and oxygen atoms in total. The van der Waals surface area contributed by atoms with E-state index in [1.165, 1.54) is 22.3 Å². The molecule has 1 rings (SSSR count). The number of hydrogen-bond donors (Lipinski definition) is 2. The zero-order valence-electron chi connectivity index (χ0n) is 11.0. The normalized spacial score (nSPS) is 10.8. The Hall–Kier alpha value is -0.860. The average molecular weight is 220 g/mol. The summed E-state index contributed by atoms with van der Waals surface area (Å²) in [6, 6.07) is 4.45. The van der Waals surface area contributed by atoms with Crippen LogP contribution in [0.4, 0.5) is 0 Å². The van der Waals surface area contributed by atoms with Crippen molar-refractivity contribution >= 4 is 0 Å². The van der Waals surface area contributed by atoms with E-state index in [1.54, 1.807) is 0 Å². The van der Waals surface area contributed by atoms with E-state index in [0.29, 0.717) is 0 Å². The summed E-state index contributed by atoms with van der Waals surface area (Å²) in [7, 11) is 0. The summed E-state index contributed by atoms with van der Waals surface area (Å²) in [4.78, 5) is 0. The Morgan fingerprint density at radius 2 is 1.62 bits per heavy atom. The average Bonchev–Trinajstić information content (AvgIpc) is 2.28. The largest absolute Gasteiger partial charge is 0.316 e. The van der Waals surface area contributed by atoms with Gasteiger partial charge in [-0.25, -0.2) is 0 Å². The molecule has 0 spiro atoms. The molecule has 0 fully saturated rings. The molecule has 0 aliphatic heterocycles. The van der Waals surface area contributed by atoms with E-state index in [-0.39, 0.29) is 0 Å². The molecule has 0 heterocycles. The van der Waals surface area contributed by atoms with Crippen LogP contribution in [0.15, 0.2) is 12.1 Å². The fraction of sp³-hybridized carbons (Fsp3) is 0.571. The first-order valence-corrected chi connectivity index (χ1v) is 6.14. The first-order chi connectivity index (χ1) is 7.66. The van der Waals surface area contributed by atoms with Crippen molar-refractivity contribution in [3.8, 4) is 0 Å². The molecule has 0 radical (unpaired) electrons. The topological polar surface area (TPSA) is 24.1 Å². The fourth-order valence-electron chi connectivity index (χ4n) is 1.78. The minimum absolute atomic E-state index is 0.971. The van der Waals surface area contributed by atoms with E-state index in [1.807, 2.05) is 0 Å². The highest BCUT2D eigenvalue weighted by Crippen LogP contribution is 2.16. The van der Waals surface area contributed by atoms with Gasteiger partial charge in [-0.15, -0.1) is 0 Å². The zero-order valence-corrected chi connectivity index (χ0v) is 11.0. The van der Waals surface area contributed by atoms with Crippen LogP contribution in [-0.2, 0) is 6.54 Å². The lowest BCUT2D eigenvalue weighted by Crippen LogP contribution is -2.27. The molecule has 0 saturated carbocycles. The molecule has 2 heteroatoms. The molecule has 2 N–H and O–H groups in total. The lowest BCUT2D eigenvalue weighted by Gasteiger charge is -2.12. The van der Waals surface area contributed by atoms with Gasteiger partial charge >= 0.3 is 0 Å². The van der Waals surface area contributed by atoms with Crippen molar-refractivity contribution in [1.29, 1.82) is 0 Å². The van der Waals surface area contributed by atoms with E-state index in [0.717, 1.165) is 26.2 Å². The Bertz CT molecular complexity index is 332. The Morgan fingerprint density at radius 3 is 2.31 bits per heavy atom. The number of aryl methyl sites for hydroxylation is 1. The van der Waals surface area contributed by atoms with Crippen LogP contribution in [0.1, 0.15) is 29.2 Å². The molecule has 0 aliphatic carbocycles. The highest BCUT2D eigenvalue weighted by Gasteiger charge is 2.02. The molecule has 0 saturated heterocycles. The third kappa shape index (κ3) is 3.62. The quantitative estimate of drug-likeness (QED) is 0.719. The number of benzene rings is 1. The molecule has 1 aromatic carbocycles. The van der Waals surface area contributed by atoms with Gasteiger partial charge in [0.05, 0.1) is 0 Å². The monoisotopic (exact) mass is 220 g/mol. The number of hydrogen-bond acceptors (Lipinski definition) is 2. The molecular formula is C14H24N2. The van der Waals surface area contributed by atoms with Crippen molar-refractivity contribution < 1.29 is 0 Å². The molecule has 1 aromatic rings. The summed E-state index contributed by atoms with van der Waals surface area (Å²) in [5, 5.41) is 6.77. The second kappa shape index (κ2) is 6.66.